The number of hydrogen-bond acceptors (Lipinski definition) is 8. The van der Waals surface area contributed by atoms with Gasteiger partial charge >= 0.3 is 0 Å². The fourth-order valence-corrected chi connectivity index (χ4v) is 4.86. The lowest BCUT2D eigenvalue weighted by molar-refractivity contribution is -0.165. The predicted molar refractivity (Wildman–Crippen MR) is 166 cm³/mol. The summed E-state index contributed by atoms with van der Waals surface area (Å²) >= 11 is 12.5. The number of phenols is 1. The van der Waals surface area contributed by atoms with Crippen molar-refractivity contribution in [1.29, 1.82) is 0 Å². The number of fused-ring (bicyclic) bond motifs is 1. The Morgan fingerprint density at radius 3 is 1.89 bits per heavy atom. The molecular weight excluding hydrogens is 611 g/mol. The van der Waals surface area contributed by atoms with E-state index in [2.05, 4.69) is 6.58 Å². The molecule has 12 heteroatoms. The third-order valence-electron chi connectivity index (χ3n) is 7.08. The fraction of sp³-hybridized carbons (Fsp3) is 0.500. The summed E-state index contributed by atoms with van der Waals surface area (Å²) in [4.78, 5) is 35.2. The van der Waals surface area contributed by atoms with Crippen LogP contribution in [0.4, 0.5) is 0 Å². The smallest absolute Gasteiger partial charge is 0.254 e. The van der Waals surface area contributed by atoms with E-state index < -0.39 is 10.8 Å². The molecule has 0 aliphatic carbocycles. The highest BCUT2D eigenvalue weighted by atomic mass is 35.5. The summed E-state index contributed by atoms with van der Waals surface area (Å²) in [7, 11) is 0. The second-order valence-corrected chi connectivity index (χ2v) is 14.0. The van der Waals surface area contributed by atoms with Crippen molar-refractivity contribution in [2.75, 3.05) is 26.4 Å². The van der Waals surface area contributed by atoms with Crippen LogP contribution >= 0.6 is 23.2 Å². The molecule has 2 aromatic rings. The van der Waals surface area contributed by atoms with E-state index in [0.29, 0.717) is 53.5 Å². The van der Waals surface area contributed by atoms with E-state index in [0.717, 1.165) is 11.1 Å². The zero-order valence-corrected chi connectivity index (χ0v) is 27.7. The molecule has 2 fully saturated rings. The van der Waals surface area contributed by atoms with Crippen molar-refractivity contribution in [1.82, 2.24) is 10.1 Å². The van der Waals surface area contributed by atoms with Gasteiger partial charge in [0.25, 0.3) is 11.8 Å². The lowest BCUT2D eigenvalue weighted by atomic mass is 9.95. The average Bonchev–Trinajstić information content (AvgIpc) is 3.33. The van der Waals surface area contributed by atoms with Crippen LogP contribution in [-0.4, -0.2) is 59.1 Å². The Morgan fingerprint density at radius 2 is 1.39 bits per heavy atom. The van der Waals surface area contributed by atoms with E-state index in [9.17, 15) is 14.7 Å². The number of halogens is 2. The molecule has 2 amide bonds. The SMILES string of the molecule is C=C(C)COc1cc(Cl)c(CN2OCC(C)(C)C2=O)cc1O.CC1(C)COc2cc(Cl)c(CN3OCC(C)(C)C3=O)cc2O1. The maximum atomic E-state index is 12.2. The van der Waals surface area contributed by atoms with Crippen LogP contribution in [0.15, 0.2) is 36.4 Å². The molecule has 240 valence electrons. The topological polar surface area (TPSA) is 107 Å². The van der Waals surface area contributed by atoms with Gasteiger partial charge in [-0.1, -0.05) is 29.8 Å². The van der Waals surface area contributed by atoms with Gasteiger partial charge in [-0.2, -0.15) is 0 Å². The summed E-state index contributed by atoms with van der Waals surface area (Å²) < 4.78 is 17.0. The minimum Gasteiger partial charge on any atom is -0.504 e. The summed E-state index contributed by atoms with van der Waals surface area (Å²) in [5, 5.41) is 13.6. The lowest BCUT2D eigenvalue weighted by Crippen LogP contribution is -2.38. The lowest BCUT2D eigenvalue weighted by Gasteiger charge is -2.33. The van der Waals surface area contributed by atoms with Crippen LogP contribution in [0.2, 0.25) is 10.0 Å². The normalized spacial score (nSPS) is 19.5. The quantitative estimate of drug-likeness (QED) is 0.339. The minimum atomic E-state index is -0.543. The van der Waals surface area contributed by atoms with Gasteiger partial charge < -0.3 is 19.3 Å². The number of aromatic hydroxyl groups is 1. The summed E-state index contributed by atoms with van der Waals surface area (Å²) in [6, 6.07) is 6.56. The number of rotatable bonds is 7. The van der Waals surface area contributed by atoms with Gasteiger partial charge in [-0.3, -0.25) is 19.3 Å². The third kappa shape index (κ3) is 7.72. The molecule has 2 aromatic carbocycles. The van der Waals surface area contributed by atoms with Gasteiger partial charge in [-0.15, -0.1) is 0 Å². The summed E-state index contributed by atoms with van der Waals surface area (Å²) in [6.07, 6.45) is 0. The van der Waals surface area contributed by atoms with Gasteiger partial charge in [0, 0.05) is 22.2 Å². The predicted octanol–water partition coefficient (Wildman–Crippen LogP) is 6.49. The maximum absolute atomic E-state index is 12.2. The van der Waals surface area contributed by atoms with Crippen LogP contribution in [0.1, 0.15) is 59.6 Å². The first-order valence-corrected chi connectivity index (χ1v) is 15.0. The Bertz CT molecular complexity index is 1460. The second-order valence-electron chi connectivity index (χ2n) is 13.2. The van der Waals surface area contributed by atoms with Crippen molar-refractivity contribution in [3.63, 3.8) is 0 Å². The van der Waals surface area contributed by atoms with Crippen molar-refractivity contribution < 1.29 is 38.6 Å². The molecule has 5 rings (SSSR count). The number of hydroxylamine groups is 4. The largest absolute Gasteiger partial charge is 0.504 e. The van der Waals surface area contributed by atoms with Crippen molar-refractivity contribution in [3.05, 3.63) is 57.6 Å². The molecule has 3 aliphatic heterocycles. The van der Waals surface area contributed by atoms with Gasteiger partial charge in [-0.25, -0.2) is 10.1 Å². The average molecular weight is 652 g/mol. The van der Waals surface area contributed by atoms with Gasteiger partial charge in [-0.05, 0) is 77.3 Å². The van der Waals surface area contributed by atoms with Crippen molar-refractivity contribution in [2.24, 2.45) is 10.8 Å². The summed E-state index contributed by atoms with van der Waals surface area (Å²) in [6.45, 7) is 18.8. The summed E-state index contributed by atoms with van der Waals surface area (Å²) in [5.74, 6) is 1.37. The first kappa shape index (κ1) is 33.7. The van der Waals surface area contributed by atoms with E-state index in [-0.39, 0.29) is 42.0 Å². The molecule has 0 aromatic heterocycles. The van der Waals surface area contributed by atoms with Gasteiger partial charge in [0.15, 0.2) is 23.0 Å². The Kier molecular flexibility index (Phi) is 9.71. The molecule has 0 unspecified atom stereocenters. The van der Waals surface area contributed by atoms with E-state index >= 15 is 0 Å². The molecule has 0 radical (unpaired) electrons. The van der Waals surface area contributed by atoms with Crippen LogP contribution in [0.3, 0.4) is 0 Å². The first-order valence-electron chi connectivity index (χ1n) is 14.2. The Morgan fingerprint density at radius 1 is 0.864 bits per heavy atom. The molecule has 0 saturated carbocycles. The van der Waals surface area contributed by atoms with Gasteiger partial charge in [0.1, 0.15) is 18.8 Å². The number of nitrogens with zero attached hydrogens (tertiary/aromatic N) is 2. The highest BCUT2D eigenvalue weighted by Crippen LogP contribution is 2.40. The number of amides is 2. The molecule has 0 spiro atoms. The monoisotopic (exact) mass is 650 g/mol. The zero-order valence-electron chi connectivity index (χ0n) is 26.2. The highest BCUT2D eigenvalue weighted by molar-refractivity contribution is 6.32. The molecule has 44 heavy (non-hydrogen) atoms. The molecule has 0 atom stereocenters. The molecular formula is C32H40Cl2N2O8. The molecule has 10 nitrogen and oxygen atoms in total. The Balaban J connectivity index is 0.000000201. The standard InChI is InChI=1S/2C16H20ClNO4/c1-15(2)8-21-18(14(15)19)7-10-5-13-12(6-11(10)17)20-9-16(3,4)22-13;1-10(2)8-21-14-6-12(17)11(5-13(14)19)7-18-15(20)16(3,4)9-22-18/h5-6H,7-9H2,1-4H3;5-6,19H,1,7-9H2,2-4H3. The molecule has 3 heterocycles. The molecule has 0 bridgehead atoms. The van der Waals surface area contributed by atoms with Crippen molar-refractivity contribution in [2.45, 2.75) is 67.2 Å². The maximum Gasteiger partial charge on any atom is 0.254 e. The number of hydrogen-bond donors (Lipinski definition) is 1. The highest BCUT2D eigenvalue weighted by Gasteiger charge is 2.41. The van der Waals surface area contributed by atoms with E-state index in [1.807, 2.05) is 54.5 Å². The first-order chi connectivity index (χ1) is 20.4. The van der Waals surface area contributed by atoms with Crippen molar-refractivity contribution in [3.8, 4) is 23.0 Å². The zero-order chi connectivity index (χ0) is 32.6. The van der Waals surface area contributed by atoms with E-state index in [1.165, 1.54) is 22.3 Å². The Hall–Kier alpha value is -3.18. The van der Waals surface area contributed by atoms with Crippen LogP contribution in [0, 0.1) is 10.8 Å². The number of phenolic OH excluding ortho intramolecular Hbond substituents is 1. The molecule has 2 saturated heterocycles. The summed E-state index contributed by atoms with van der Waals surface area (Å²) in [5.41, 5.74) is 0.764. The second kappa shape index (κ2) is 12.7. The minimum absolute atomic E-state index is 0.0356. The Labute approximate surface area is 268 Å². The van der Waals surface area contributed by atoms with Crippen LogP contribution in [-0.2, 0) is 32.4 Å². The number of carbonyl (C=O) groups excluding carboxylic acids is 2. The number of carbonyl (C=O) groups is 2. The van der Waals surface area contributed by atoms with E-state index in [1.54, 1.807) is 6.07 Å². The van der Waals surface area contributed by atoms with Gasteiger partial charge in [0.2, 0.25) is 0 Å². The molecule has 3 aliphatic rings. The van der Waals surface area contributed by atoms with Crippen LogP contribution < -0.4 is 14.2 Å². The molecule has 1 N–H and O–H groups in total. The van der Waals surface area contributed by atoms with E-state index in [4.69, 9.17) is 47.1 Å². The number of ether oxygens (including phenoxy) is 3. The fourth-order valence-electron chi connectivity index (χ4n) is 4.43. The van der Waals surface area contributed by atoms with Crippen LogP contribution in [0.25, 0.3) is 0 Å². The van der Waals surface area contributed by atoms with Gasteiger partial charge in [0.05, 0.1) is 37.1 Å². The van der Waals surface area contributed by atoms with Crippen LogP contribution in [0.5, 0.6) is 23.0 Å². The third-order valence-corrected chi connectivity index (χ3v) is 7.78. The number of benzene rings is 2. The van der Waals surface area contributed by atoms with Crippen molar-refractivity contribution >= 4 is 35.0 Å².